The summed E-state index contributed by atoms with van der Waals surface area (Å²) >= 11 is 3.27. The van der Waals surface area contributed by atoms with Gasteiger partial charge in [0.15, 0.2) is 0 Å². The Labute approximate surface area is 106 Å². The molecule has 1 N–H and O–H groups in total. The first-order chi connectivity index (χ1) is 8.10. The van der Waals surface area contributed by atoms with Crippen LogP contribution < -0.4 is 10.2 Å². The van der Waals surface area contributed by atoms with Crippen molar-refractivity contribution in [1.82, 2.24) is 5.32 Å². The van der Waals surface area contributed by atoms with Crippen LogP contribution in [0.15, 0.2) is 22.7 Å². The lowest BCUT2D eigenvalue weighted by molar-refractivity contribution is -0.130. The third-order valence-electron chi connectivity index (χ3n) is 2.37. The Morgan fingerprint density at radius 2 is 1.94 bits per heavy atom. The van der Waals surface area contributed by atoms with Crippen LogP contribution in [0, 0.1) is 11.3 Å². The largest absolute Gasteiger partial charge is 0.352 e. The molecule has 2 rings (SSSR count). The van der Waals surface area contributed by atoms with Crippen LogP contribution in [-0.4, -0.2) is 24.9 Å². The van der Waals surface area contributed by atoms with E-state index < -0.39 is 0 Å². The van der Waals surface area contributed by atoms with Crippen LogP contribution in [0.1, 0.15) is 5.56 Å². The summed E-state index contributed by atoms with van der Waals surface area (Å²) in [6, 6.07) is 7.20. The zero-order chi connectivity index (χ0) is 12.4. The number of imide groups is 1. The van der Waals surface area contributed by atoms with Crippen molar-refractivity contribution in [2.24, 2.45) is 0 Å². The Balaban J connectivity index is 2.37. The van der Waals surface area contributed by atoms with E-state index in [4.69, 9.17) is 5.26 Å². The lowest BCUT2D eigenvalue weighted by atomic mass is 10.1. The third-order valence-corrected chi connectivity index (χ3v) is 2.86. The molecule has 86 valence electrons. The van der Waals surface area contributed by atoms with E-state index in [9.17, 15) is 9.59 Å². The van der Waals surface area contributed by atoms with Gasteiger partial charge in [-0.3, -0.25) is 14.9 Å². The van der Waals surface area contributed by atoms with Gasteiger partial charge in [0.2, 0.25) is 11.8 Å². The number of carbonyl (C=O) groups excluding carboxylic acids is 2. The first kappa shape index (κ1) is 11.6. The number of nitrogens with zero attached hydrogens (tertiary/aromatic N) is 2. The number of benzene rings is 1. The SMILES string of the molecule is N#Cc1cc(Br)ccc1N1CC(=O)NC(=O)C1. The average molecular weight is 294 g/mol. The zero-order valence-corrected chi connectivity index (χ0v) is 10.3. The summed E-state index contributed by atoms with van der Waals surface area (Å²) in [5, 5.41) is 11.2. The number of piperazine rings is 1. The van der Waals surface area contributed by atoms with E-state index in [1.165, 1.54) is 0 Å². The second-order valence-electron chi connectivity index (χ2n) is 3.60. The van der Waals surface area contributed by atoms with E-state index in [0.717, 1.165) is 4.47 Å². The molecule has 1 aliphatic rings. The quantitative estimate of drug-likeness (QED) is 0.777. The van der Waals surface area contributed by atoms with E-state index in [2.05, 4.69) is 21.2 Å². The molecule has 1 saturated heterocycles. The van der Waals surface area contributed by atoms with Gasteiger partial charge in [0, 0.05) is 4.47 Å². The molecule has 6 heteroatoms. The molecule has 1 aliphatic heterocycles. The number of halogens is 1. The third kappa shape index (κ3) is 2.45. The number of amides is 2. The minimum atomic E-state index is -0.354. The number of nitriles is 1. The highest BCUT2D eigenvalue weighted by Gasteiger charge is 2.24. The smallest absolute Gasteiger partial charge is 0.246 e. The van der Waals surface area contributed by atoms with Crippen LogP contribution in [0.2, 0.25) is 0 Å². The van der Waals surface area contributed by atoms with Crippen LogP contribution in [0.4, 0.5) is 5.69 Å². The van der Waals surface area contributed by atoms with Gasteiger partial charge in [0.05, 0.1) is 24.3 Å². The maximum absolute atomic E-state index is 11.3. The summed E-state index contributed by atoms with van der Waals surface area (Å²) in [5.41, 5.74) is 1.03. The number of nitrogens with one attached hydrogen (secondary N) is 1. The van der Waals surface area contributed by atoms with Crippen molar-refractivity contribution in [3.8, 4) is 6.07 Å². The number of carbonyl (C=O) groups is 2. The molecule has 1 aromatic rings. The summed E-state index contributed by atoms with van der Waals surface area (Å²) in [6.07, 6.45) is 0. The van der Waals surface area contributed by atoms with Gasteiger partial charge in [-0.1, -0.05) is 15.9 Å². The lowest BCUT2D eigenvalue weighted by Gasteiger charge is -2.28. The van der Waals surface area contributed by atoms with Gasteiger partial charge < -0.3 is 4.90 Å². The maximum atomic E-state index is 11.3. The summed E-state index contributed by atoms with van der Waals surface area (Å²) in [7, 11) is 0. The average Bonchev–Trinajstić information content (AvgIpc) is 2.27. The molecule has 5 nitrogen and oxygen atoms in total. The van der Waals surface area contributed by atoms with Gasteiger partial charge in [0.1, 0.15) is 6.07 Å². The second-order valence-corrected chi connectivity index (χ2v) is 4.52. The highest BCUT2D eigenvalue weighted by molar-refractivity contribution is 9.10. The Bertz CT molecular complexity index is 520. The van der Waals surface area contributed by atoms with Gasteiger partial charge in [-0.05, 0) is 18.2 Å². The van der Waals surface area contributed by atoms with Crippen molar-refractivity contribution < 1.29 is 9.59 Å². The highest BCUT2D eigenvalue weighted by atomic mass is 79.9. The lowest BCUT2D eigenvalue weighted by Crippen LogP contribution is -2.51. The summed E-state index contributed by atoms with van der Waals surface area (Å²) in [4.78, 5) is 24.1. The number of anilines is 1. The molecule has 0 bridgehead atoms. The zero-order valence-electron chi connectivity index (χ0n) is 8.74. The van der Waals surface area contributed by atoms with Gasteiger partial charge in [0.25, 0.3) is 0 Å². The number of rotatable bonds is 1. The Hall–Kier alpha value is -1.87. The molecule has 1 heterocycles. The van der Waals surface area contributed by atoms with Gasteiger partial charge in [-0.25, -0.2) is 0 Å². The maximum Gasteiger partial charge on any atom is 0.246 e. The Morgan fingerprint density at radius 1 is 1.29 bits per heavy atom. The predicted octanol–water partition coefficient (Wildman–Crippen LogP) is 0.784. The molecule has 17 heavy (non-hydrogen) atoms. The predicted molar refractivity (Wildman–Crippen MR) is 64.2 cm³/mol. The highest BCUT2D eigenvalue weighted by Crippen LogP contribution is 2.24. The van der Waals surface area contributed by atoms with Crippen LogP contribution >= 0.6 is 15.9 Å². The van der Waals surface area contributed by atoms with E-state index >= 15 is 0 Å². The minimum Gasteiger partial charge on any atom is -0.352 e. The van der Waals surface area contributed by atoms with Crippen molar-refractivity contribution in [2.45, 2.75) is 0 Å². The van der Waals surface area contributed by atoms with Crippen molar-refractivity contribution in [3.63, 3.8) is 0 Å². The molecule has 0 aliphatic carbocycles. The molecule has 0 radical (unpaired) electrons. The molecule has 1 fully saturated rings. The van der Waals surface area contributed by atoms with E-state index in [0.29, 0.717) is 11.3 Å². The van der Waals surface area contributed by atoms with Crippen LogP contribution in [0.5, 0.6) is 0 Å². The van der Waals surface area contributed by atoms with Crippen molar-refractivity contribution in [2.75, 3.05) is 18.0 Å². The first-order valence-corrected chi connectivity index (χ1v) is 5.67. The molecular formula is C11H8BrN3O2. The summed E-state index contributed by atoms with van der Waals surface area (Å²) < 4.78 is 0.783. The molecule has 0 atom stereocenters. The molecule has 2 amide bonds. The first-order valence-electron chi connectivity index (χ1n) is 4.87. The molecule has 0 aromatic heterocycles. The molecule has 0 saturated carbocycles. The van der Waals surface area contributed by atoms with Crippen LogP contribution in [-0.2, 0) is 9.59 Å². The second kappa shape index (κ2) is 4.55. The fourth-order valence-corrected chi connectivity index (χ4v) is 2.04. The van der Waals surface area contributed by atoms with E-state index in [-0.39, 0.29) is 24.9 Å². The van der Waals surface area contributed by atoms with Gasteiger partial charge in [-0.15, -0.1) is 0 Å². The van der Waals surface area contributed by atoms with Gasteiger partial charge >= 0.3 is 0 Å². The summed E-state index contributed by atoms with van der Waals surface area (Å²) in [6.45, 7) is 0.171. The van der Waals surface area contributed by atoms with E-state index in [1.807, 2.05) is 6.07 Å². The molecule has 1 aromatic carbocycles. The number of hydrogen-bond acceptors (Lipinski definition) is 4. The fraction of sp³-hybridized carbons (Fsp3) is 0.182. The monoisotopic (exact) mass is 293 g/mol. The number of hydrogen-bond donors (Lipinski definition) is 1. The van der Waals surface area contributed by atoms with E-state index in [1.54, 1.807) is 23.1 Å². The van der Waals surface area contributed by atoms with Crippen LogP contribution in [0.25, 0.3) is 0 Å². The van der Waals surface area contributed by atoms with Gasteiger partial charge in [-0.2, -0.15) is 5.26 Å². The topological polar surface area (TPSA) is 73.2 Å². The molecule has 0 spiro atoms. The van der Waals surface area contributed by atoms with Crippen LogP contribution in [0.3, 0.4) is 0 Å². The Morgan fingerprint density at radius 3 is 2.53 bits per heavy atom. The van der Waals surface area contributed by atoms with Crippen molar-refractivity contribution in [1.29, 1.82) is 5.26 Å². The fourth-order valence-electron chi connectivity index (χ4n) is 1.68. The Kier molecular flexibility index (Phi) is 3.11. The minimum absolute atomic E-state index is 0.0854. The van der Waals surface area contributed by atoms with Crippen molar-refractivity contribution >= 4 is 33.4 Å². The summed E-state index contributed by atoms with van der Waals surface area (Å²) in [5.74, 6) is -0.707. The molecular weight excluding hydrogens is 286 g/mol. The van der Waals surface area contributed by atoms with Crippen molar-refractivity contribution in [3.05, 3.63) is 28.2 Å². The molecule has 0 unspecified atom stereocenters. The normalized spacial score (nSPS) is 15.4. The standard InChI is InChI=1S/C11H8BrN3O2/c12-8-1-2-9(7(3-8)4-13)15-5-10(16)14-11(17)6-15/h1-3H,5-6H2,(H,14,16,17).